The molecule has 0 heterocycles. The minimum Gasteiger partial charge on any atom is -0.356 e. The Morgan fingerprint density at radius 2 is 0.407 bits per heavy atom. The molecular formula is C40H9B18N. The monoisotopic (exact) mass is 701 g/mol. The summed E-state index contributed by atoms with van der Waals surface area (Å²) in [7, 11) is 117. The lowest BCUT2D eigenvalue weighted by molar-refractivity contribution is 1.55. The van der Waals surface area contributed by atoms with Gasteiger partial charge in [0.15, 0.2) is 0 Å². The van der Waals surface area contributed by atoms with Crippen molar-refractivity contribution in [3.05, 3.63) is 48.5 Å². The van der Waals surface area contributed by atoms with Crippen LogP contribution in [0.15, 0.2) is 48.5 Å². The van der Waals surface area contributed by atoms with Gasteiger partial charge in [-0.2, -0.15) is 0 Å². The van der Waals surface area contributed by atoms with E-state index < -0.39 is 0 Å². The highest BCUT2D eigenvalue weighted by Gasteiger charge is 2.24. The van der Waals surface area contributed by atoms with Gasteiger partial charge >= 0.3 is 0 Å². The summed E-state index contributed by atoms with van der Waals surface area (Å²) in [5, 5.41) is 6.45. The fraction of sp³-hybridized carbons (Fsp3) is 0. The smallest absolute Gasteiger partial charge is 0.115 e. The Bertz CT molecular complexity index is 2980. The highest BCUT2D eigenvalue weighted by molar-refractivity contribution is 6.75. The second kappa shape index (κ2) is 14.7. The molecule has 1 N–H and O–H groups in total. The second-order valence-corrected chi connectivity index (χ2v) is 14.5. The molecule has 228 valence electrons. The highest BCUT2D eigenvalue weighted by Crippen LogP contribution is 2.33. The van der Waals surface area contributed by atoms with E-state index in [4.69, 9.17) is 141 Å². The molecular weight excluding hydrogens is 689 g/mol. The van der Waals surface area contributed by atoms with E-state index in [1.165, 1.54) is 0 Å². The number of anilines is 2. The maximum absolute atomic E-state index is 6.90. The van der Waals surface area contributed by atoms with E-state index in [9.17, 15) is 0 Å². The molecule has 0 spiro atoms. The molecule has 19 heteroatoms. The molecule has 0 amide bonds. The van der Waals surface area contributed by atoms with Crippen molar-refractivity contribution in [2.24, 2.45) is 0 Å². The van der Waals surface area contributed by atoms with E-state index in [0.29, 0.717) is 65.3 Å². The van der Waals surface area contributed by atoms with Crippen molar-refractivity contribution < 1.29 is 0 Å². The van der Waals surface area contributed by atoms with Crippen LogP contribution in [0.1, 0.15) is 0 Å². The fourth-order valence-corrected chi connectivity index (χ4v) is 8.16. The Balaban J connectivity index is 1.25. The molecule has 0 bridgehead atoms. The van der Waals surface area contributed by atoms with Gasteiger partial charge in [0.25, 0.3) is 0 Å². The van der Waals surface area contributed by atoms with Crippen LogP contribution >= 0.6 is 0 Å². The first-order valence-electron chi connectivity index (χ1n) is 17.8. The molecule has 36 radical (unpaired) electrons. The Morgan fingerprint density at radius 1 is 0.203 bits per heavy atom. The molecule has 0 saturated carbocycles. The predicted molar refractivity (Wildman–Crippen MR) is 274 cm³/mol. The number of hydrogen-bond donors (Lipinski definition) is 1. The normalized spacial score (nSPS) is 11.6. The van der Waals surface area contributed by atoms with Crippen LogP contribution in [0.4, 0.5) is 11.4 Å². The Kier molecular flexibility index (Phi) is 10.4. The molecule has 0 unspecified atom stereocenters. The average Bonchev–Trinajstić information content (AvgIpc) is 3.22. The quantitative estimate of drug-likeness (QED) is 0.143. The van der Waals surface area contributed by atoms with E-state index in [1.807, 2.05) is 48.5 Å². The Hall–Kier alpha value is -4.23. The van der Waals surface area contributed by atoms with Gasteiger partial charge in [-0.05, 0) is 89.6 Å². The number of fused-ring (bicyclic) bond motifs is 6. The maximum atomic E-state index is 6.90. The molecule has 8 rings (SSSR count). The Labute approximate surface area is 368 Å². The Morgan fingerprint density at radius 3 is 0.661 bits per heavy atom. The average molecular weight is 698 g/mol. The lowest BCUT2D eigenvalue weighted by Crippen LogP contribution is -2.51. The van der Waals surface area contributed by atoms with Gasteiger partial charge in [0.1, 0.15) is 141 Å². The number of hydrogen-bond acceptors (Lipinski definition) is 1. The van der Waals surface area contributed by atoms with Gasteiger partial charge in [-0.15, -0.1) is 43.7 Å². The predicted octanol–water partition coefficient (Wildman–Crippen LogP) is -10.3. The van der Waals surface area contributed by atoms with Gasteiger partial charge in [0, 0.05) is 11.4 Å². The molecule has 0 aromatic heterocycles. The molecule has 0 saturated heterocycles. The summed E-state index contributed by atoms with van der Waals surface area (Å²) in [6, 6.07) is 14.8. The molecule has 0 atom stereocenters. The molecule has 8 aromatic rings. The third-order valence-corrected chi connectivity index (χ3v) is 11.3. The lowest BCUT2D eigenvalue weighted by atomic mass is 9.58. The van der Waals surface area contributed by atoms with E-state index >= 15 is 0 Å². The van der Waals surface area contributed by atoms with Gasteiger partial charge in [-0.25, -0.2) is 0 Å². The highest BCUT2D eigenvalue weighted by atomic mass is 14.9. The first-order valence-corrected chi connectivity index (χ1v) is 17.8. The first kappa shape index (κ1) is 41.5. The SMILES string of the molecule is [B]c1c([B])c([B])c2c(c1[B])c([B])c(-c1ccc(Nc3ccc(-c4c([B])c5c([B])c([B])c([B])c([B])c5c5c([B])c([B])c([B])c([B])c45)cc3)cc1)c1c([B])c([B])c([B])c([B])c12. The molecule has 59 heavy (non-hydrogen) atoms. The number of nitrogens with one attached hydrogen (secondary N) is 1. The van der Waals surface area contributed by atoms with Crippen molar-refractivity contribution in [2.75, 3.05) is 5.32 Å². The zero-order chi connectivity index (χ0) is 42.8. The fourth-order valence-electron chi connectivity index (χ4n) is 8.16. The van der Waals surface area contributed by atoms with Crippen molar-refractivity contribution in [1.82, 2.24) is 0 Å². The number of rotatable bonds is 4. The van der Waals surface area contributed by atoms with Crippen molar-refractivity contribution in [1.29, 1.82) is 0 Å². The summed E-state index contributed by atoms with van der Waals surface area (Å²) in [6.07, 6.45) is 0. The standard InChI is InChI=1S/C40H9B18N/c41-23-13(15-17(27(45)35(53)33(51)25(15)43)19-21(23)31(49)39(57)37(55)29(19)47)9-1-5-11(6-2-9)59-12-7-3-10(4-8-12)14-16-18(28(46)36(54)34(52)26(16)44)20-22(24(14)42)32(50)40(58)38(56)30(20)48/h1-8,59H. The first-order chi connectivity index (χ1) is 27.8. The zero-order valence-electron chi connectivity index (χ0n) is 31.5. The van der Waals surface area contributed by atoms with Crippen LogP contribution in [0.5, 0.6) is 0 Å². The van der Waals surface area contributed by atoms with Gasteiger partial charge in [0.2, 0.25) is 0 Å². The largest absolute Gasteiger partial charge is 0.356 e. The van der Waals surface area contributed by atoms with Gasteiger partial charge in [0.05, 0.1) is 0 Å². The van der Waals surface area contributed by atoms with Crippen LogP contribution in [0, 0.1) is 0 Å². The van der Waals surface area contributed by atoms with Gasteiger partial charge in [-0.1, -0.05) is 78.9 Å². The van der Waals surface area contributed by atoms with Crippen molar-refractivity contribution in [3.8, 4) is 22.3 Å². The van der Waals surface area contributed by atoms with Crippen LogP contribution in [0.2, 0.25) is 0 Å². The lowest BCUT2D eigenvalue weighted by Gasteiger charge is -2.27. The molecule has 8 aromatic carbocycles. The van der Waals surface area contributed by atoms with Crippen LogP contribution in [-0.2, 0) is 0 Å². The third kappa shape index (κ3) is 5.94. The summed E-state index contributed by atoms with van der Waals surface area (Å²) in [6.45, 7) is 0. The van der Waals surface area contributed by atoms with Crippen LogP contribution in [0.25, 0.3) is 65.3 Å². The van der Waals surface area contributed by atoms with E-state index in [1.54, 1.807) is 0 Å². The van der Waals surface area contributed by atoms with Crippen molar-refractivity contribution in [2.45, 2.75) is 0 Å². The van der Waals surface area contributed by atoms with E-state index in [0.717, 1.165) is 11.4 Å². The van der Waals surface area contributed by atoms with Gasteiger partial charge in [-0.3, -0.25) is 0 Å². The zero-order valence-corrected chi connectivity index (χ0v) is 31.5. The minimum atomic E-state index is 0.0729. The summed E-state index contributed by atoms with van der Waals surface area (Å²) >= 11 is 0. The van der Waals surface area contributed by atoms with Crippen molar-refractivity contribution in [3.63, 3.8) is 0 Å². The minimum absolute atomic E-state index is 0.0729. The van der Waals surface area contributed by atoms with Crippen LogP contribution < -0.4 is 104 Å². The van der Waals surface area contributed by atoms with Crippen LogP contribution in [0.3, 0.4) is 0 Å². The van der Waals surface area contributed by atoms with E-state index in [2.05, 4.69) is 5.32 Å². The third-order valence-electron chi connectivity index (χ3n) is 11.3. The molecule has 0 aliphatic heterocycles. The topological polar surface area (TPSA) is 12.0 Å². The maximum Gasteiger partial charge on any atom is 0.115 e. The number of benzene rings is 8. The molecule has 0 fully saturated rings. The van der Waals surface area contributed by atoms with Crippen molar-refractivity contribution >= 4 is 294 Å². The van der Waals surface area contributed by atoms with Crippen LogP contribution in [-0.4, -0.2) is 141 Å². The summed E-state index contributed by atoms with van der Waals surface area (Å²) < 4.78 is 0. The summed E-state index contributed by atoms with van der Waals surface area (Å²) in [5.74, 6) is 0. The van der Waals surface area contributed by atoms with Gasteiger partial charge < -0.3 is 5.32 Å². The second-order valence-electron chi connectivity index (χ2n) is 14.5. The molecule has 0 aliphatic rings. The molecule has 1 nitrogen and oxygen atoms in total. The summed E-state index contributed by atoms with van der Waals surface area (Å²) in [4.78, 5) is 0. The molecule has 0 aliphatic carbocycles. The summed E-state index contributed by atoms with van der Waals surface area (Å²) in [5.41, 5.74) is 5.88. The van der Waals surface area contributed by atoms with E-state index in [-0.39, 0.29) is 98.3 Å².